The predicted molar refractivity (Wildman–Crippen MR) is 47.1 cm³/mol. The summed E-state index contributed by atoms with van der Waals surface area (Å²) in [5.74, 6) is 0. The van der Waals surface area contributed by atoms with Crippen molar-refractivity contribution in [2.24, 2.45) is 0 Å². The Balaban J connectivity index is 4.04. The Bertz CT molecular complexity index is 174. The summed E-state index contributed by atoms with van der Waals surface area (Å²) in [7, 11) is 1.95. The smallest absolute Gasteiger partial charge is 0.103 e. The first-order valence-electron chi connectivity index (χ1n) is 3.78. The molecule has 0 N–H and O–H groups in total. The Morgan fingerprint density at radius 3 is 2.45 bits per heavy atom. The summed E-state index contributed by atoms with van der Waals surface area (Å²) in [4.78, 5) is 2.01. The van der Waals surface area contributed by atoms with Crippen LogP contribution in [0, 0.1) is 11.3 Å². The third-order valence-corrected chi connectivity index (χ3v) is 1.84. The van der Waals surface area contributed by atoms with Crippen LogP contribution >= 0.6 is 0 Å². The van der Waals surface area contributed by atoms with Crippen LogP contribution in [0.3, 0.4) is 0 Å². The Hall–Kier alpha value is -0.810. The van der Waals surface area contributed by atoms with E-state index in [2.05, 4.69) is 6.07 Å². The van der Waals surface area contributed by atoms with Crippen molar-refractivity contribution in [1.29, 1.82) is 5.26 Å². The van der Waals surface area contributed by atoms with Gasteiger partial charge in [-0.15, -0.1) is 0 Å². The van der Waals surface area contributed by atoms with Gasteiger partial charge in [0.25, 0.3) is 0 Å². The maximum Gasteiger partial charge on any atom is 0.103 e. The second-order valence-electron chi connectivity index (χ2n) is 3.12. The quantitative estimate of drug-likeness (QED) is 0.576. The van der Waals surface area contributed by atoms with Gasteiger partial charge in [0, 0.05) is 6.54 Å². The van der Waals surface area contributed by atoms with Crippen molar-refractivity contribution in [2.75, 3.05) is 13.6 Å². The molecule has 0 spiro atoms. The zero-order valence-electron chi connectivity index (χ0n) is 7.76. The summed E-state index contributed by atoms with van der Waals surface area (Å²) >= 11 is 0. The number of nitrogens with zero attached hydrogens (tertiary/aromatic N) is 2. The van der Waals surface area contributed by atoms with E-state index in [9.17, 15) is 0 Å². The maximum absolute atomic E-state index is 8.75. The van der Waals surface area contributed by atoms with Crippen LogP contribution in [0.2, 0.25) is 0 Å². The van der Waals surface area contributed by atoms with Crippen molar-refractivity contribution >= 4 is 0 Å². The zero-order chi connectivity index (χ0) is 8.91. The highest BCUT2D eigenvalue weighted by atomic mass is 15.2. The molecule has 2 nitrogen and oxygen atoms in total. The van der Waals surface area contributed by atoms with Crippen molar-refractivity contribution in [3.05, 3.63) is 12.2 Å². The SMILES string of the molecule is C/C=C/CN(C)C(C)(C)C#N. The zero-order valence-corrected chi connectivity index (χ0v) is 7.76. The minimum Gasteiger partial charge on any atom is -0.285 e. The van der Waals surface area contributed by atoms with E-state index in [1.807, 2.05) is 44.9 Å². The molecule has 0 bridgehead atoms. The van der Waals surface area contributed by atoms with E-state index >= 15 is 0 Å². The number of hydrogen-bond donors (Lipinski definition) is 0. The van der Waals surface area contributed by atoms with Gasteiger partial charge in [-0.25, -0.2) is 0 Å². The normalized spacial score (nSPS) is 12.4. The molecule has 0 saturated carbocycles. The fourth-order valence-corrected chi connectivity index (χ4v) is 0.577. The van der Waals surface area contributed by atoms with Crippen LogP contribution < -0.4 is 0 Å². The summed E-state index contributed by atoms with van der Waals surface area (Å²) in [5, 5.41) is 8.75. The minimum absolute atomic E-state index is 0.362. The van der Waals surface area contributed by atoms with Gasteiger partial charge in [-0.1, -0.05) is 12.2 Å². The van der Waals surface area contributed by atoms with E-state index in [-0.39, 0.29) is 5.54 Å². The van der Waals surface area contributed by atoms with Crippen molar-refractivity contribution in [2.45, 2.75) is 26.3 Å². The lowest BCUT2D eigenvalue weighted by molar-refractivity contribution is 0.234. The van der Waals surface area contributed by atoms with Gasteiger partial charge in [-0.05, 0) is 27.8 Å². The molecule has 0 aliphatic rings. The van der Waals surface area contributed by atoms with Crippen molar-refractivity contribution in [1.82, 2.24) is 4.90 Å². The van der Waals surface area contributed by atoms with Gasteiger partial charge in [0.15, 0.2) is 0 Å². The summed E-state index contributed by atoms with van der Waals surface area (Å²) in [6, 6.07) is 2.24. The van der Waals surface area contributed by atoms with E-state index in [1.54, 1.807) is 0 Å². The Morgan fingerprint density at radius 1 is 1.55 bits per heavy atom. The van der Waals surface area contributed by atoms with Crippen LogP contribution in [-0.2, 0) is 0 Å². The molecule has 2 heteroatoms. The van der Waals surface area contributed by atoms with Gasteiger partial charge in [-0.3, -0.25) is 4.90 Å². The molecule has 0 aliphatic carbocycles. The summed E-state index contributed by atoms with van der Waals surface area (Å²) in [5.41, 5.74) is -0.362. The van der Waals surface area contributed by atoms with Gasteiger partial charge >= 0.3 is 0 Å². The fourth-order valence-electron chi connectivity index (χ4n) is 0.577. The van der Waals surface area contributed by atoms with Crippen molar-refractivity contribution in [3.8, 4) is 6.07 Å². The monoisotopic (exact) mass is 152 g/mol. The van der Waals surface area contributed by atoms with Crippen LogP contribution in [0.1, 0.15) is 20.8 Å². The van der Waals surface area contributed by atoms with Gasteiger partial charge in [0.2, 0.25) is 0 Å². The third-order valence-electron chi connectivity index (χ3n) is 1.84. The molecule has 0 aromatic rings. The van der Waals surface area contributed by atoms with E-state index in [0.717, 1.165) is 6.54 Å². The van der Waals surface area contributed by atoms with Gasteiger partial charge in [0.05, 0.1) is 6.07 Å². The highest BCUT2D eigenvalue weighted by molar-refractivity contribution is 5.02. The van der Waals surface area contributed by atoms with Crippen LogP contribution in [0.15, 0.2) is 12.2 Å². The average Bonchev–Trinajstić information content (AvgIpc) is 2.00. The largest absolute Gasteiger partial charge is 0.285 e. The lowest BCUT2D eigenvalue weighted by Crippen LogP contribution is -2.39. The van der Waals surface area contributed by atoms with E-state index < -0.39 is 0 Å². The van der Waals surface area contributed by atoms with E-state index in [1.165, 1.54) is 0 Å². The first-order valence-corrected chi connectivity index (χ1v) is 3.78. The maximum atomic E-state index is 8.75. The van der Waals surface area contributed by atoms with Crippen molar-refractivity contribution < 1.29 is 0 Å². The molecular weight excluding hydrogens is 136 g/mol. The standard InChI is InChI=1S/C9H16N2/c1-5-6-7-11(4)9(2,3)8-10/h5-6H,7H2,1-4H3/b6-5+. The fraction of sp³-hybridized carbons (Fsp3) is 0.667. The minimum atomic E-state index is -0.362. The summed E-state index contributed by atoms with van der Waals surface area (Å²) < 4.78 is 0. The topological polar surface area (TPSA) is 27.0 Å². The van der Waals surface area contributed by atoms with Crippen LogP contribution in [0.4, 0.5) is 0 Å². The third kappa shape index (κ3) is 3.20. The molecule has 0 saturated heterocycles. The molecule has 62 valence electrons. The van der Waals surface area contributed by atoms with E-state index in [4.69, 9.17) is 5.26 Å². The molecule has 0 rings (SSSR count). The predicted octanol–water partition coefficient (Wildman–Crippen LogP) is 1.80. The number of likely N-dealkylation sites (N-methyl/N-ethyl adjacent to an activating group) is 1. The number of hydrogen-bond acceptors (Lipinski definition) is 2. The molecule has 0 aromatic carbocycles. The average molecular weight is 152 g/mol. The Labute approximate surface area is 69.1 Å². The van der Waals surface area contributed by atoms with Crippen molar-refractivity contribution in [3.63, 3.8) is 0 Å². The first-order chi connectivity index (χ1) is 5.04. The summed E-state index contributed by atoms with van der Waals surface area (Å²) in [6.07, 6.45) is 4.03. The molecule has 0 aliphatic heterocycles. The molecule has 0 heterocycles. The van der Waals surface area contributed by atoms with E-state index in [0.29, 0.717) is 0 Å². The lowest BCUT2D eigenvalue weighted by Gasteiger charge is -2.27. The van der Waals surface area contributed by atoms with Crippen LogP contribution in [-0.4, -0.2) is 24.0 Å². The second-order valence-corrected chi connectivity index (χ2v) is 3.12. The number of nitriles is 1. The number of rotatable bonds is 3. The van der Waals surface area contributed by atoms with Crippen LogP contribution in [0.25, 0.3) is 0 Å². The summed E-state index contributed by atoms with van der Waals surface area (Å²) in [6.45, 7) is 6.64. The van der Waals surface area contributed by atoms with Crippen LogP contribution in [0.5, 0.6) is 0 Å². The molecule has 11 heavy (non-hydrogen) atoms. The molecule has 0 fully saturated rings. The highest BCUT2D eigenvalue weighted by Gasteiger charge is 2.20. The molecular formula is C9H16N2. The second kappa shape index (κ2) is 4.15. The molecule has 0 radical (unpaired) electrons. The molecule has 0 amide bonds. The Morgan fingerprint density at radius 2 is 2.09 bits per heavy atom. The first kappa shape index (κ1) is 10.2. The van der Waals surface area contributed by atoms with Gasteiger partial charge in [-0.2, -0.15) is 5.26 Å². The number of allylic oxidation sites excluding steroid dienone is 1. The highest BCUT2D eigenvalue weighted by Crippen LogP contribution is 2.09. The van der Waals surface area contributed by atoms with Gasteiger partial charge in [0.1, 0.15) is 5.54 Å². The Kier molecular flexibility index (Phi) is 3.84. The molecule has 0 atom stereocenters. The molecule has 0 aromatic heterocycles. The lowest BCUT2D eigenvalue weighted by atomic mass is 10.1. The van der Waals surface area contributed by atoms with Gasteiger partial charge < -0.3 is 0 Å². The molecule has 0 unspecified atom stereocenters.